The maximum Gasteiger partial charge on any atom is 0.407 e. The van der Waals surface area contributed by atoms with Gasteiger partial charge in [-0.2, -0.15) is 9.78 Å². The molecular formula is C40H42FN3O11. The number of hydrogen-bond acceptors (Lipinski definition) is 12. The summed E-state index contributed by atoms with van der Waals surface area (Å²) in [6.07, 6.45) is 3.94. The molecule has 1 saturated heterocycles. The Morgan fingerprint density at radius 2 is 1.96 bits per heavy atom. The van der Waals surface area contributed by atoms with Gasteiger partial charge in [0.05, 0.1) is 48.1 Å². The standard InChI is InChI=1S/C40H42FN3O11/c1-4-39(49)25-12-30-33-23(16-44(30)34(45)24(25)17-51-36(39)47)32-28(8-7-21-18(2)27(41)13-29(42-33)31(21)32)43-37(48)52-20-6-5-9-38(15-20)53-40(55-54-38)14-19-10-22(26(40)11-19)35(46)50-3/h12-13,19-20,22,26,28,49H,4-11,14-17H2,1-3H3,(H,43,48)/t19?,20-,22?,26?,28+,38-,39+,40?/m1/s1. The Morgan fingerprint density at radius 1 is 1.13 bits per heavy atom. The molecule has 3 aromatic rings. The van der Waals surface area contributed by atoms with Gasteiger partial charge in [-0.3, -0.25) is 9.59 Å². The van der Waals surface area contributed by atoms with Crippen molar-refractivity contribution < 1.29 is 52.6 Å². The number of methoxy groups -OCH3 is 1. The molecule has 4 unspecified atom stereocenters. The third kappa shape index (κ3) is 4.95. The molecule has 1 amide bonds. The zero-order valence-corrected chi connectivity index (χ0v) is 30.8. The lowest BCUT2D eigenvalue weighted by atomic mass is 9.81. The number of amides is 1. The monoisotopic (exact) mass is 759 g/mol. The van der Waals surface area contributed by atoms with Crippen molar-refractivity contribution in [3.63, 3.8) is 0 Å². The summed E-state index contributed by atoms with van der Waals surface area (Å²) in [4.78, 5) is 69.9. The van der Waals surface area contributed by atoms with Crippen LogP contribution in [0.1, 0.15) is 104 Å². The molecule has 10 rings (SSSR count). The Bertz CT molecular complexity index is 2290. The number of nitrogens with one attached hydrogen (secondary N) is 1. The molecule has 290 valence electrons. The summed E-state index contributed by atoms with van der Waals surface area (Å²) in [5.41, 5.74) is 1.88. The number of benzene rings is 1. The van der Waals surface area contributed by atoms with E-state index in [1.54, 1.807) is 19.9 Å². The molecule has 0 radical (unpaired) electrons. The van der Waals surface area contributed by atoms with E-state index in [9.17, 15) is 24.3 Å². The van der Waals surface area contributed by atoms with Crippen molar-refractivity contribution in [3.05, 3.63) is 61.7 Å². The van der Waals surface area contributed by atoms with Crippen LogP contribution >= 0.6 is 0 Å². The zero-order chi connectivity index (χ0) is 38.2. The lowest BCUT2D eigenvalue weighted by Crippen LogP contribution is -2.47. The molecule has 55 heavy (non-hydrogen) atoms. The van der Waals surface area contributed by atoms with Crippen LogP contribution in [-0.4, -0.2) is 57.5 Å². The van der Waals surface area contributed by atoms with Crippen LogP contribution in [0.4, 0.5) is 9.18 Å². The van der Waals surface area contributed by atoms with E-state index in [0.717, 1.165) is 29.4 Å². The highest BCUT2D eigenvalue weighted by Crippen LogP contribution is 2.61. The van der Waals surface area contributed by atoms with Gasteiger partial charge in [-0.15, -0.1) is 0 Å². The first-order chi connectivity index (χ1) is 26.4. The van der Waals surface area contributed by atoms with Crippen molar-refractivity contribution in [2.75, 3.05) is 7.11 Å². The van der Waals surface area contributed by atoms with Crippen LogP contribution in [0.15, 0.2) is 16.9 Å². The molecule has 2 N–H and O–H groups in total. The van der Waals surface area contributed by atoms with E-state index in [-0.39, 0.29) is 60.8 Å². The number of halogens is 1. The zero-order valence-electron chi connectivity index (χ0n) is 30.8. The number of nitrogens with zero attached hydrogens (tertiary/aromatic N) is 2. The molecule has 5 heterocycles. The minimum absolute atomic E-state index is 0.00194. The topological polar surface area (TPSA) is 174 Å². The second kappa shape index (κ2) is 12.0. The van der Waals surface area contributed by atoms with E-state index >= 15 is 4.39 Å². The van der Waals surface area contributed by atoms with Crippen molar-refractivity contribution in [1.29, 1.82) is 0 Å². The van der Waals surface area contributed by atoms with Crippen molar-refractivity contribution in [2.45, 2.75) is 121 Å². The van der Waals surface area contributed by atoms with Gasteiger partial charge in [-0.1, -0.05) is 6.92 Å². The van der Waals surface area contributed by atoms with Gasteiger partial charge in [0.25, 0.3) is 5.56 Å². The van der Waals surface area contributed by atoms with Crippen LogP contribution in [0, 0.1) is 30.5 Å². The Hall–Kier alpha value is -4.44. The first-order valence-corrected chi connectivity index (χ1v) is 19.3. The number of pyridine rings is 2. The molecule has 3 aliphatic heterocycles. The molecule has 1 aromatic carbocycles. The third-order valence-electron chi connectivity index (χ3n) is 13.6. The van der Waals surface area contributed by atoms with E-state index in [1.165, 1.54) is 17.7 Å². The lowest BCUT2D eigenvalue weighted by molar-refractivity contribution is -0.365. The number of carbonyl (C=O) groups excluding carboxylic acids is 3. The van der Waals surface area contributed by atoms with Gasteiger partial charge < -0.3 is 33.9 Å². The van der Waals surface area contributed by atoms with Crippen molar-refractivity contribution in [3.8, 4) is 11.4 Å². The van der Waals surface area contributed by atoms with E-state index in [1.807, 2.05) is 0 Å². The second-order valence-corrected chi connectivity index (χ2v) is 16.4. The fourth-order valence-corrected chi connectivity index (χ4v) is 10.9. The number of ether oxygens (including phenoxy) is 4. The maximum absolute atomic E-state index is 15.4. The minimum atomic E-state index is -2.00. The molecule has 8 atom stereocenters. The molecular weight excluding hydrogens is 717 g/mol. The fraction of sp³-hybridized carbons (Fsp3) is 0.575. The summed E-state index contributed by atoms with van der Waals surface area (Å²) in [7, 11) is 1.39. The van der Waals surface area contributed by atoms with E-state index in [4.69, 9.17) is 33.7 Å². The van der Waals surface area contributed by atoms with Gasteiger partial charge in [-0.25, -0.2) is 19.0 Å². The van der Waals surface area contributed by atoms with Crippen LogP contribution in [0.3, 0.4) is 0 Å². The molecule has 2 aromatic heterocycles. The van der Waals surface area contributed by atoms with Crippen LogP contribution < -0.4 is 10.9 Å². The summed E-state index contributed by atoms with van der Waals surface area (Å²) >= 11 is 0. The van der Waals surface area contributed by atoms with Gasteiger partial charge in [0.1, 0.15) is 18.5 Å². The number of aryl methyl sites for hydroxylation is 1. The quantitative estimate of drug-likeness (QED) is 0.166. The highest BCUT2D eigenvalue weighted by atomic mass is 19.1. The number of rotatable bonds is 4. The van der Waals surface area contributed by atoms with Gasteiger partial charge >= 0.3 is 18.0 Å². The van der Waals surface area contributed by atoms with E-state index in [0.29, 0.717) is 66.6 Å². The SMILES string of the molecule is CC[C@@]1(O)C(=O)OCc2c1cc1n(c2=O)Cc2c-1nc1cc(F)c(C)c3c1c2[C@@H](NC(=O)O[C@@H]1CCC[C@]2(C1)OOC1(CC4CC(C(=O)OC)C1C4)O2)CC3. The predicted molar refractivity (Wildman–Crippen MR) is 187 cm³/mol. The Labute approximate surface area is 314 Å². The molecule has 14 nitrogen and oxygen atoms in total. The summed E-state index contributed by atoms with van der Waals surface area (Å²) in [5.74, 6) is -3.88. The minimum Gasteiger partial charge on any atom is -0.469 e. The van der Waals surface area contributed by atoms with Crippen LogP contribution in [0.25, 0.3) is 22.3 Å². The smallest absolute Gasteiger partial charge is 0.407 e. The fourth-order valence-electron chi connectivity index (χ4n) is 10.9. The normalized spacial score (nSPS) is 33.8. The van der Waals surface area contributed by atoms with Gasteiger partial charge in [0.2, 0.25) is 11.6 Å². The van der Waals surface area contributed by atoms with Crippen molar-refractivity contribution in [1.82, 2.24) is 14.9 Å². The van der Waals surface area contributed by atoms with Crippen LogP contribution in [0.2, 0.25) is 0 Å². The number of alkyl carbamates (subject to hydrolysis) is 1. The number of carbonyl (C=O) groups is 3. The number of aliphatic hydroxyl groups is 1. The van der Waals surface area contributed by atoms with Crippen LogP contribution in [-0.2, 0) is 63.5 Å². The molecule has 2 bridgehead atoms. The van der Waals surface area contributed by atoms with E-state index in [2.05, 4.69) is 5.32 Å². The van der Waals surface area contributed by atoms with Crippen molar-refractivity contribution >= 4 is 28.9 Å². The van der Waals surface area contributed by atoms with Gasteiger partial charge in [-0.05, 0) is 80.5 Å². The average Bonchev–Trinajstić information content (AvgIpc) is 3.94. The average molecular weight is 760 g/mol. The van der Waals surface area contributed by atoms with E-state index < -0.39 is 52.8 Å². The highest BCUT2D eigenvalue weighted by Gasteiger charge is 2.67. The van der Waals surface area contributed by atoms with Gasteiger partial charge in [0, 0.05) is 47.8 Å². The molecule has 7 aliphatic rings. The molecule has 2 spiro atoms. The largest absolute Gasteiger partial charge is 0.469 e. The maximum atomic E-state index is 15.4. The molecule has 3 saturated carbocycles. The number of hydrogen-bond donors (Lipinski definition) is 2. The summed E-state index contributed by atoms with van der Waals surface area (Å²) in [6.45, 7) is 3.22. The summed E-state index contributed by atoms with van der Waals surface area (Å²) < 4.78 is 39.9. The number of aromatic nitrogens is 2. The first-order valence-electron chi connectivity index (χ1n) is 19.3. The number of cyclic esters (lactones) is 1. The highest BCUT2D eigenvalue weighted by molar-refractivity contribution is 5.93. The Kier molecular flexibility index (Phi) is 7.66. The second-order valence-electron chi connectivity index (χ2n) is 16.4. The molecule has 15 heteroatoms. The van der Waals surface area contributed by atoms with Crippen molar-refractivity contribution in [2.24, 2.45) is 17.8 Å². The molecule has 4 aliphatic carbocycles. The molecule has 4 fully saturated rings. The summed E-state index contributed by atoms with van der Waals surface area (Å²) in [6, 6.07) is 2.43. The Morgan fingerprint density at radius 3 is 2.75 bits per heavy atom. The third-order valence-corrected chi connectivity index (χ3v) is 13.6. The summed E-state index contributed by atoms with van der Waals surface area (Å²) in [5, 5.41) is 15.2. The van der Waals surface area contributed by atoms with Crippen LogP contribution in [0.5, 0.6) is 0 Å². The number of fused-ring (bicyclic) bond motifs is 8. The Balaban J connectivity index is 0.944. The van der Waals surface area contributed by atoms with Gasteiger partial charge in [0.15, 0.2) is 5.60 Å². The predicted octanol–water partition coefficient (Wildman–Crippen LogP) is 4.77. The lowest BCUT2D eigenvalue weighted by Gasteiger charge is -2.38. The first kappa shape index (κ1) is 35.0. The number of esters is 2.